The van der Waals surface area contributed by atoms with Gasteiger partial charge in [-0.15, -0.1) is 11.8 Å². The summed E-state index contributed by atoms with van der Waals surface area (Å²) in [6.45, 7) is 7.53. The van der Waals surface area contributed by atoms with Crippen LogP contribution in [0.15, 0.2) is 47.5 Å². The molecule has 2 heterocycles. The smallest absolute Gasteiger partial charge is 0.251 e. The summed E-state index contributed by atoms with van der Waals surface area (Å²) in [6, 6.07) is 12.8. The normalized spacial score (nSPS) is 11.4. The van der Waals surface area contributed by atoms with Crippen molar-refractivity contribution in [3.8, 4) is 11.1 Å². The van der Waals surface area contributed by atoms with Crippen LogP contribution in [0.1, 0.15) is 28.4 Å². The Kier molecular flexibility index (Phi) is 6.30. The van der Waals surface area contributed by atoms with Gasteiger partial charge in [0.1, 0.15) is 5.65 Å². The first kappa shape index (κ1) is 21.4. The summed E-state index contributed by atoms with van der Waals surface area (Å²) in [5.41, 5.74) is 6.72. The van der Waals surface area contributed by atoms with Crippen molar-refractivity contribution in [2.24, 2.45) is 0 Å². The van der Waals surface area contributed by atoms with E-state index >= 15 is 0 Å². The molecule has 0 radical (unpaired) electrons. The molecule has 0 saturated heterocycles. The van der Waals surface area contributed by atoms with Crippen LogP contribution < -0.4 is 10.6 Å². The number of hydrogen-bond donors (Lipinski definition) is 3. The Labute approximate surface area is 187 Å². The predicted octanol–water partition coefficient (Wildman–Crippen LogP) is 5.06. The summed E-state index contributed by atoms with van der Waals surface area (Å²) < 4.78 is 0. The first-order chi connectivity index (χ1) is 15.0. The number of rotatable bonds is 7. The van der Waals surface area contributed by atoms with Crippen molar-refractivity contribution in [2.45, 2.75) is 25.7 Å². The molecule has 0 saturated carbocycles. The van der Waals surface area contributed by atoms with E-state index in [2.05, 4.69) is 64.8 Å². The zero-order valence-corrected chi connectivity index (χ0v) is 19.2. The van der Waals surface area contributed by atoms with Crippen molar-refractivity contribution in [2.75, 3.05) is 25.9 Å². The largest absolute Gasteiger partial charge is 0.351 e. The number of hydrogen-bond acceptors (Lipinski definition) is 4. The van der Waals surface area contributed by atoms with Crippen molar-refractivity contribution < 1.29 is 4.79 Å². The van der Waals surface area contributed by atoms with Crippen LogP contribution in [0.25, 0.3) is 33.1 Å². The first-order valence-corrected chi connectivity index (χ1v) is 11.6. The van der Waals surface area contributed by atoms with Crippen LogP contribution in [0.4, 0.5) is 0 Å². The molecule has 0 spiro atoms. The molecule has 0 fully saturated rings. The second-order valence-corrected chi connectivity index (χ2v) is 9.04. The molecule has 0 bridgehead atoms. The summed E-state index contributed by atoms with van der Waals surface area (Å²) in [4.78, 5) is 22.3. The van der Waals surface area contributed by atoms with E-state index in [0.29, 0.717) is 12.1 Å². The van der Waals surface area contributed by atoms with E-state index in [0.717, 1.165) is 56.5 Å². The highest BCUT2D eigenvalue weighted by Gasteiger charge is 2.20. The average molecular weight is 433 g/mol. The molecular weight excluding hydrogens is 404 g/mol. The molecule has 0 aliphatic heterocycles. The van der Waals surface area contributed by atoms with E-state index in [1.807, 2.05) is 38.0 Å². The fraction of sp³-hybridized carbons (Fsp3) is 0.280. The van der Waals surface area contributed by atoms with Crippen LogP contribution in [0.5, 0.6) is 0 Å². The summed E-state index contributed by atoms with van der Waals surface area (Å²) in [6.07, 6.45) is 1.87. The Morgan fingerprint density at radius 1 is 1.16 bits per heavy atom. The van der Waals surface area contributed by atoms with Gasteiger partial charge in [0.05, 0.1) is 5.52 Å². The van der Waals surface area contributed by atoms with Crippen molar-refractivity contribution in [3.63, 3.8) is 0 Å². The summed E-state index contributed by atoms with van der Waals surface area (Å²) in [5, 5.41) is 8.30. The van der Waals surface area contributed by atoms with Crippen LogP contribution in [-0.4, -0.2) is 41.8 Å². The lowest BCUT2D eigenvalue weighted by atomic mass is 9.93. The molecule has 0 unspecified atom stereocenters. The number of aromatic amines is 1. The van der Waals surface area contributed by atoms with Gasteiger partial charge in [-0.3, -0.25) is 4.79 Å². The summed E-state index contributed by atoms with van der Waals surface area (Å²) in [5.74, 6) is 0.958. The second-order valence-electron chi connectivity index (χ2n) is 7.70. The van der Waals surface area contributed by atoms with Crippen LogP contribution in [0.2, 0.25) is 0 Å². The highest BCUT2D eigenvalue weighted by atomic mass is 32.2. The molecule has 5 nitrogen and oxygen atoms in total. The minimum Gasteiger partial charge on any atom is -0.351 e. The highest BCUT2D eigenvalue weighted by molar-refractivity contribution is 7.99. The van der Waals surface area contributed by atoms with Gasteiger partial charge in [0.25, 0.3) is 5.91 Å². The lowest BCUT2D eigenvalue weighted by Gasteiger charge is -2.13. The minimum absolute atomic E-state index is 0.0576. The highest BCUT2D eigenvalue weighted by Crippen LogP contribution is 2.38. The molecule has 0 aliphatic rings. The fourth-order valence-electron chi connectivity index (χ4n) is 3.98. The third kappa shape index (κ3) is 4.18. The standard InChI is InChI=1S/C25H28N4OS/c1-5-31-18-8-6-7-17(12-18)20-13-19(25(30)27-10-9-26-4)16(3)23-22(20)21-11-15(2)14-28-24(21)29-23/h6-8,11-14,26H,5,9-10H2,1-4H3,(H,27,30)(H,28,29). The molecule has 0 aliphatic carbocycles. The molecule has 31 heavy (non-hydrogen) atoms. The number of carbonyl (C=O) groups is 1. The molecular formula is C25H28N4OS. The minimum atomic E-state index is -0.0576. The van der Waals surface area contributed by atoms with Crippen molar-refractivity contribution in [1.82, 2.24) is 20.6 Å². The lowest BCUT2D eigenvalue weighted by molar-refractivity contribution is 0.0953. The Morgan fingerprint density at radius 3 is 2.77 bits per heavy atom. The van der Waals surface area contributed by atoms with Gasteiger partial charge in [-0.1, -0.05) is 19.1 Å². The number of aryl methyl sites for hydroxylation is 2. The Morgan fingerprint density at radius 2 is 2.00 bits per heavy atom. The van der Waals surface area contributed by atoms with E-state index in [1.165, 1.54) is 4.90 Å². The molecule has 2 aromatic heterocycles. The topological polar surface area (TPSA) is 69.8 Å². The van der Waals surface area contributed by atoms with E-state index in [1.54, 1.807) is 0 Å². The van der Waals surface area contributed by atoms with Crippen molar-refractivity contribution in [3.05, 3.63) is 59.3 Å². The van der Waals surface area contributed by atoms with Crippen LogP contribution in [-0.2, 0) is 0 Å². The summed E-state index contributed by atoms with van der Waals surface area (Å²) in [7, 11) is 1.88. The summed E-state index contributed by atoms with van der Waals surface area (Å²) >= 11 is 1.82. The molecule has 160 valence electrons. The van der Waals surface area contributed by atoms with Gasteiger partial charge >= 0.3 is 0 Å². The quantitative estimate of drug-likeness (QED) is 0.282. The van der Waals surface area contributed by atoms with Gasteiger partial charge in [-0.05, 0) is 73.2 Å². The van der Waals surface area contributed by atoms with Gasteiger partial charge < -0.3 is 15.6 Å². The Bertz CT molecular complexity index is 1260. The maximum Gasteiger partial charge on any atom is 0.251 e. The number of nitrogens with one attached hydrogen (secondary N) is 3. The van der Waals surface area contributed by atoms with Gasteiger partial charge in [0, 0.05) is 40.5 Å². The van der Waals surface area contributed by atoms with Gasteiger partial charge in [-0.25, -0.2) is 4.98 Å². The van der Waals surface area contributed by atoms with E-state index in [-0.39, 0.29) is 5.91 Å². The molecule has 3 N–H and O–H groups in total. The maximum atomic E-state index is 13.0. The van der Waals surface area contributed by atoms with Gasteiger partial charge in [0.15, 0.2) is 0 Å². The third-order valence-electron chi connectivity index (χ3n) is 5.49. The lowest BCUT2D eigenvalue weighted by Crippen LogP contribution is -2.30. The number of likely N-dealkylation sites (N-methyl/N-ethyl adjacent to an activating group) is 1. The van der Waals surface area contributed by atoms with Gasteiger partial charge in [0.2, 0.25) is 0 Å². The SMILES string of the molecule is CCSc1cccc(-c2cc(C(=O)NCCNC)c(C)c3[nH]c4ncc(C)cc4c23)c1. The average Bonchev–Trinajstić information content (AvgIpc) is 3.14. The number of pyridine rings is 1. The monoisotopic (exact) mass is 432 g/mol. The van der Waals surface area contributed by atoms with Crippen LogP contribution >= 0.6 is 11.8 Å². The predicted molar refractivity (Wildman–Crippen MR) is 131 cm³/mol. The molecule has 6 heteroatoms. The Balaban J connectivity index is 1.98. The van der Waals surface area contributed by atoms with Crippen molar-refractivity contribution in [1.29, 1.82) is 0 Å². The van der Waals surface area contributed by atoms with Crippen LogP contribution in [0, 0.1) is 13.8 Å². The molecule has 4 aromatic rings. The number of carbonyl (C=O) groups excluding carboxylic acids is 1. The number of nitrogens with zero attached hydrogens (tertiary/aromatic N) is 1. The zero-order chi connectivity index (χ0) is 22.0. The molecule has 4 rings (SSSR count). The van der Waals surface area contributed by atoms with E-state index in [9.17, 15) is 4.79 Å². The second kappa shape index (κ2) is 9.12. The number of amides is 1. The number of thioether (sulfide) groups is 1. The first-order valence-electron chi connectivity index (χ1n) is 10.6. The number of aromatic nitrogens is 2. The van der Waals surface area contributed by atoms with E-state index in [4.69, 9.17) is 0 Å². The van der Waals surface area contributed by atoms with Gasteiger partial charge in [-0.2, -0.15) is 0 Å². The van der Waals surface area contributed by atoms with Crippen LogP contribution in [0.3, 0.4) is 0 Å². The van der Waals surface area contributed by atoms with E-state index < -0.39 is 0 Å². The molecule has 0 atom stereocenters. The molecule has 2 aromatic carbocycles. The van der Waals surface area contributed by atoms with Crippen molar-refractivity contribution >= 4 is 39.6 Å². The zero-order valence-electron chi connectivity index (χ0n) is 18.4. The third-order valence-corrected chi connectivity index (χ3v) is 6.36. The molecule has 1 amide bonds. The number of H-pyrrole nitrogens is 1. The Hall–Kier alpha value is -2.83. The number of benzene rings is 2. The number of fused-ring (bicyclic) bond motifs is 3. The fourth-order valence-corrected chi connectivity index (χ4v) is 4.69. The maximum absolute atomic E-state index is 13.0.